The fourth-order valence-electron chi connectivity index (χ4n) is 1.86. The lowest BCUT2D eigenvalue weighted by Crippen LogP contribution is -2.28. The molecule has 0 bridgehead atoms. The van der Waals surface area contributed by atoms with Gasteiger partial charge in [0.1, 0.15) is 5.01 Å². The molecule has 1 N–H and O–H groups in total. The van der Waals surface area contributed by atoms with E-state index in [9.17, 15) is 4.79 Å². The Labute approximate surface area is 128 Å². The van der Waals surface area contributed by atoms with E-state index in [2.05, 4.69) is 10.3 Å². The van der Waals surface area contributed by atoms with Gasteiger partial charge in [-0.15, -0.1) is 22.9 Å². The third kappa shape index (κ3) is 4.05. The van der Waals surface area contributed by atoms with Crippen LogP contribution in [0.2, 0.25) is 0 Å². The highest BCUT2D eigenvalue weighted by Gasteiger charge is 2.12. The minimum atomic E-state index is -0.0199. The van der Waals surface area contributed by atoms with Crippen molar-refractivity contribution in [1.82, 2.24) is 10.3 Å². The molecule has 0 saturated heterocycles. The molecule has 3 nitrogen and oxygen atoms in total. The number of halogens is 1. The number of nitrogens with one attached hydrogen (secondary N) is 1. The molecule has 0 radical (unpaired) electrons. The zero-order chi connectivity index (χ0) is 14.5. The lowest BCUT2D eigenvalue weighted by molar-refractivity contribution is -0.121. The molecule has 106 valence electrons. The topological polar surface area (TPSA) is 42.0 Å². The van der Waals surface area contributed by atoms with E-state index in [1.807, 2.05) is 43.5 Å². The van der Waals surface area contributed by atoms with Crippen LogP contribution in [0.25, 0.3) is 0 Å². The van der Waals surface area contributed by atoms with E-state index < -0.39 is 0 Å². The van der Waals surface area contributed by atoms with Gasteiger partial charge in [0.15, 0.2) is 0 Å². The van der Waals surface area contributed by atoms with Crippen molar-refractivity contribution in [3.63, 3.8) is 0 Å². The molecule has 1 heterocycles. The molecule has 1 aromatic heterocycles. The van der Waals surface area contributed by atoms with Crippen LogP contribution in [0.4, 0.5) is 0 Å². The predicted molar refractivity (Wildman–Crippen MR) is 83.1 cm³/mol. The number of aryl methyl sites for hydroxylation is 1. The Hall–Kier alpha value is -1.39. The predicted octanol–water partition coefficient (Wildman–Crippen LogP) is 3.61. The number of carbonyl (C=O) groups excluding carboxylic acids is 1. The highest BCUT2D eigenvalue weighted by molar-refractivity contribution is 7.09. The first kappa shape index (κ1) is 15.0. The van der Waals surface area contributed by atoms with Crippen molar-refractivity contribution < 1.29 is 4.79 Å². The van der Waals surface area contributed by atoms with Crippen LogP contribution in [0.5, 0.6) is 0 Å². The second-order valence-corrected chi connectivity index (χ2v) is 5.95. The lowest BCUT2D eigenvalue weighted by Gasteiger charge is -2.14. The highest BCUT2D eigenvalue weighted by Crippen LogP contribution is 2.15. The number of thiazole rings is 1. The molecule has 0 fully saturated rings. The molecule has 0 aliphatic heterocycles. The summed E-state index contributed by atoms with van der Waals surface area (Å²) in [5.74, 6) is 0.367. The Morgan fingerprint density at radius 2 is 2.10 bits per heavy atom. The molecule has 0 saturated carbocycles. The third-order valence-electron chi connectivity index (χ3n) is 3.00. The molecule has 2 aromatic rings. The number of hydrogen-bond donors (Lipinski definition) is 1. The highest BCUT2D eigenvalue weighted by atomic mass is 35.5. The first-order valence-corrected chi connectivity index (χ1v) is 7.85. The van der Waals surface area contributed by atoms with E-state index in [-0.39, 0.29) is 11.9 Å². The Balaban J connectivity index is 1.92. The SMILES string of the molecule is Cc1ccc(C(C)NC(=O)Cc2nc(CCl)cs2)cc1. The molecule has 0 aliphatic carbocycles. The Bertz CT molecular complexity index is 580. The quantitative estimate of drug-likeness (QED) is 0.857. The van der Waals surface area contributed by atoms with Gasteiger partial charge in [-0.1, -0.05) is 29.8 Å². The molecule has 1 aromatic carbocycles. The van der Waals surface area contributed by atoms with Crippen molar-refractivity contribution in [2.75, 3.05) is 0 Å². The molecule has 1 atom stereocenters. The van der Waals surface area contributed by atoms with E-state index in [4.69, 9.17) is 11.6 Å². The smallest absolute Gasteiger partial charge is 0.227 e. The summed E-state index contributed by atoms with van der Waals surface area (Å²) < 4.78 is 0. The Kier molecular flexibility index (Phi) is 5.15. The third-order valence-corrected chi connectivity index (χ3v) is 4.17. The van der Waals surface area contributed by atoms with Crippen LogP contribution in [-0.2, 0) is 17.1 Å². The number of hydrogen-bond acceptors (Lipinski definition) is 3. The van der Waals surface area contributed by atoms with Gasteiger partial charge in [0.05, 0.1) is 24.0 Å². The molecule has 2 rings (SSSR count). The summed E-state index contributed by atoms with van der Waals surface area (Å²) in [6.45, 7) is 4.03. The van der Waals surface area contributed by atoms with Crippen molar-refractivity contribution in [2.24, 2.45) is 0 Å². The Morgan fingerprint density at radius 3 is 2.70 bits per heavy atom. The van der Waals surface area contributed by atoms with Gasteiger partial charge in [-0.05, 0) is 19.4 Å². The molecule has 1 amide bonds. The number of benzene rings is 1. The zero-order valence-corrected chi connectivity index (χ0v) is 13.1. The molecule has 5 heteroatoms. The van der Waals surface area contributed by atoms with Crippen molar-refractivity contribution in [1.29, 1.82) is 0 Å². The maximum Gasteiger partial charge on any atom is 0.227 e. The zero-order valence-electron chi connectivity index (χ0n) is 11.5. The average Bonchev–Trinajstić information content (AvgIpc) is 2.86. The monoisotopic (exact) mass is 308 g/mol. The first-order chi connectivity index (χ1) is 9.58. The van der Waals surface area contributed by atoms with Crippen molar-refractivity contribution >= 4 is 28.8 Å². The fourth-order valence-corrected chi connectivity index (χ4v) is 2.88. The van der Waals surface area contributed by atoms with Gasteiger partial charge >= 0.3 is 0 Å². The largest absolute Gasteiger partial charge is 0.349 e. The van der Waals surface area contributed by atoms with Gasteiger partial charge < -0.3 is 5.32 Å². The second kappa shape index (κ2) is 6.86. The summed E-state index contributed by atoms with van der Waals surface area (Å²) in [5.41, 5.74) is 3.14. The summed E-state index contributed by atoms with van der Waals surface area (Å²) in [5, 5.41) is 5.67. The van der Waals surface area contributed by atoms with Gasteiger partial charge in [-0.2, -0.15) is 0 Å². The van der Waals surface area contributed by atoms with Gasteiger partial charge in [0, 0.05) is 5.38 Å². The van der Waals surface area contributed by atoms with Crippen LogP contribution >= 0.6 is 22.9 Å². The Morgan fingerprint density at radius 1 is 1.40 bits per heavy atom. The van der Waals surface area contributed by atoms with Gasteiger partial charge in [0.25, 0.3) is 0 Å². The van der Waals surface area contributed by atoms with Crippen molar-refractivity contribution in [3.05, 3.63) is 51.5 Å². The molecular weight excluding hydrogens is 292 g/mol. The van der Waals surface area contributed by atoms with Crippen LogP contribution in [0, 0.1) is 6.92 Å². The van der Waals surface area contributed by atoms with Gasteiger partial charge in [0.2, 0.25) is 5.91 Å². The summed E-state index contributed by atoms with van der Waals surface area (Å²) >= 11 is 7.17. The standard InChI is InChI=1S/C15H17ClN2OS/c1-10-3-5-12(6-4-10)11(2)17-14(19)7-15-18-13(8-16)9-20-15/h3-6,9,11H,7-8H2,1-2H3,(H,17,19). The minimum Gasteiger partial charge on any atom is -0.349 e. The normalized spacial score (nSPS) is 12.2. The lowest BCUT2D eigenvalue weighted by atomic mass is 10.1. The second-order valence-electron chi connectivity index (χ2n) is 4.74. The first-order valence-electron chi connectivity index (χ1n) is 6.43. The number of aromatic nitrogens is 1. The van der Waals surface area contributed by atoms with Crippen LogP contribution in [0.15, 0.2) is 29.6 Å². The maximum absolute atomic E-state index is 12.0. The summed E-state index contributed by atoms with van der Waals surface area (Å²) in [6, 6.07) is 8.16. The van der Waals surface area contributed by atoms with Crippen molar-refractivity contribution in [3.8, 4) is 0 Å². The van der Waals surface area contributed by atoms with E-state index in [0.29, 0.717) is 12.3 Å². The summed E-state index contributed by atoms with van der Waals surface area (Å²) in [7, 11) is 0. The van der Waals surface area contributed by atoms with E-state index >= 15 is 0 Å². The van der Waals surface area contributed by atoms with Crippen LogP contribution in [-0.4, -0.2) is 10.9 Å². The maximum atomic E-state index is 12.0. The summed E-state index contributed by atoms with van der Waals surface area (Å²) in [4.78, 5) is 16.3. The number of carbonyl (C=O) groups is 1. The van der Waals surface area contributed by atoms with E-state index in [1.165, 1.54) is 16.9 Å². The number of nitrogens with zero attached hydrogens (tertiary/aromatic N) is 1. The molecule has 20 heavy (non-hydrogen) atoms. The average molecular weight is 309 g/mol. The van der Waals surface area contributed by atoms with E-state index in [1.54, 1.807) is 0 Å². The number of alkyl halides is 1. The van der Waals surface area contributed by atoms with Crippen molar-refractivity contribution in [2.45, 2.75) is 32.2 Å². The van der Waals surface area contributed by atoms with Gasteiger partial charge in [-0.3, -0.25) is 4.79 Å². The summed E-state index contributed by atoms with van der Waals surface area (Å²) in [6.07, 6.45) is 0.303. The number of amides is 1. The van der Waals surface area contributed by atoms with Crippen LogP contribution < -0.4 is 5.32 Å². The van der Waals surface area contributed by atoms with Crippen LogP contribution in [0.1, 0.15) is 34.8 Å². The number of rotatable bonds is 5. The molecule has 1 unspecified atom stereocenters. The van der Waals surface area contributed by atoms with Crippen LogP contribution in [0.3, 0.4) is 0 Å². The van der Waals surface area contributed by atoms with E-state index in [0.717, 1.165) is 16.3 Å². The fraction of sp³-hybridized carbons (Fsp3) is 0.333. The molecule has 0 spiro atoms. The molecule has 0 aliphatic rings. The molecular formula is C15H17ClN2OS. The minimum absolute atomic E-state index is 0.00411. The van der Waals surface area contributed by atoms with Gasteiger partial charge in [-0.25, -0.2) is 4.98 Å².